The highest BCUT2D eigenvalue weighted by molar-refractivity contribution is 5.63. The number of aromatic nitrogens is 2. The van der Waals surface area contributed by atoms with Crippen LogP contribution in [-0.2, 0) is 6.18 Å². The second-order valence-electron chi connectivity index (χ2n) is 5.61. The summed E-state index contributed by atoms with van der Waals surface area (Å²) in [6.45, 7) is 1.57. The molecule has 1 heterocycles. The van der Waals surface area contributed by atoms with E-state index in [1.54, 1.807) is 6.92 Å². The normalized spacial score (nSPS) is 11.3. The quantitative estimate of drug-likeness (QED) is 0.581. The Morgan fingerprint density at radius 3 is 2.19 bits per heavy atom. The first-order chi connectivity index (χ1) is 12.7. The summed E-state index contributed by atoms with van der Waals surface area (Å²) in [5.41, 5.74) is -1.16. The van der Waals surface area contributed by atoms with Crippen molar-refractivity contribution >= 4 is 23.1 Å². The second-order valence-corrected chi connectivity index (χ2v) is 5.61. The van der Waals surface area contributed by atoms with Gasteiger partial charge in [0.15, 0.2) is 0 Å². The molecule has 2 aromatic carbocycles. The molecule has 2 N–H and O–H groups in total. The number of nitrogens with zero attached hydrogens (tertiary/aromatic N) is 2. The predicted molar refractivity (Wildman–Crippen MR) is 91.1 cm³/mol. The summed E-state index contributed by atoms with van der Waals surface area (Å²) in [6, 6.07) is 9.61. The molecule has 9 heteroatoms. The van der Waals surface area contributed by atoms with Crippen LogP contribution in [0.15, 0.2) is 48.5 Å². The van der Waals surface area contributed by atoms with E-state index in [4.69, 9.17) is 0 Å². The van der Waals surface area contributed by atoms with E-state index in [0.29, 0.717) is 5.69 Å². The Labute approximate surface area is 151 Å². The van der Waals surface area contributed by atoms with Crippen LogP contribution in [0.25, 0.3) is 0 Å². The third kappa shape index (κ3) is 4.30. The Bertz CT molecular complexity index is 952. The summed E-state index contributed by atoms with van der Waals surface area (Å²) in [7, 11) is 0. The van der Waals surface area contributed by atoms with Crippen molar-refractivity contribution in [3.8, 4) is 0 Å². The molecule has 0 saturated carbocycles. The molecule has 27 heavy (non-hydrogen) atoms. The number of nitrogens with one attached hydrogen (secondary N) is 2. The van der Waals surface area contributed by atoms with Gasteiger partial charge in [-0.1, -0.05) is 18.2 Å². The van der Waals surface area contributed by atoms with Crippen molar-refractivity contribution in [3.63, 3.8) is 0 Å². The van der Waals surface area contributed by atoms with Gasteiger partial charge in [-0.15, -0.1) is 0 Å². The molecule has 3 aromatic rings. The van der Waals surface area contributed by atoms with Crippen molar-refractivity contribution in [3.05, 3.63) is 71.4 Å². The van der Waals surface area contributed by atoms with E-state index in [9.17, 15) is 22.0 Å². The third-order valence-corrected chi connectivity index (χ3v) is 3.55. The van der Waals surface area contributed by atoms with Gasteiger partial charge in [0, 0.05) is 11.8 Å². The van der Waals surface area contributed by atoms with E-state index in [2.05, 4.69) is 20.6 Å². The summed E-state index contributed by atoms with van der Waals surface area (Å²) < 4.78 is 66.9. The predicted octanol–water partition coefficient (Wildman–Crippen LogP) is 5.57. The lowest BCUT2D eigenvalue weighted by molar-refractivity contribution is -0.136. The smallest absolute Gasteiger partial charge is 0.335 e. The molecular formula is C18H13F5N4. The molecule has 0 radical (unpaired) electrons. The van der Waals surface area contributed by atoms with Gasteiger partial charge in [-0.3, -0.25) is 0 Å². The lowest BCUT2D eigenvalue weighted by Crippen LogP contribution is -2.10. The van der Waals surface area contributed by atoms with Gasteiger partial charge in [0.25, 0.3) is 0 Å². The molecule has 0 fully saturated rings. The van der Waals surface area contributed by atoms with Crippen molar-refractivity contribution in [1.29, 1.82) is 0 Å². The Kier molecular flexibility index (Phi) is 4.93. The molecule has 0 bridgehead atoms. The maximum absolute atomic E-state index is 13.8. The largest absolute Gasteiger partial charge is 0.418 e. The fourth-order valence-corrected chi connectivity index (χ4v) is 2.39. The molecule has 0 aliphatic heterocycles. The summed E-state index contributed by atoms with van der Waals surface area (Å²) in [6.07, 6.45) is -4.56. The SMILES string of the molecule is Cc1cc(Nc2c(F)cccc2F)nc(Nc2ccccc2C(F)(F)F)n1. The van der Waals surface area contributed by atoms with Gasteiger partial charge in [-0.25, -0.2) is 13.8 Å². The lowest BCUT2D eigenvalue weighted by Gasteiger charge is -2.14. The Morgan fingerprint density at radius 1 is 0.852 bits per heavy atom. The van der Waals surface area contributed by atoms with Gasteiger partial charge < -0.3 is 10.6 Å². The third-order valence-electron chi connectivity index (χ3n) is 3.55. The molecule has 0 amide bonds. The fraction of sp³-hybridized carbons (Fsp3) is 0.111. The zero-order valence-corrected chi connectivity index (χ0v) is 13.9. The molecule has 0 atom stereocenters. The van der Waals surface area contributed by atoms with Crippen molar-refractivity contribution in [1.82, 2.24) is 9.97 Å². The highest BCUT2D eigenvalue weighted by Crippen LogP contribution is 2.35. The first kappa shape index (κ1) is 18.6. The molecule has 0 aliphatic carbocycles. The van der Waals surface area contributed by atoms with Gasteiger partial charge in [0.2, 0.25) is 5.95 Å². The van der Waals surface area contributed by atoms with Gasteiger partial charge >= 0.3 is 6.18 Å². The molecule has 4 nitrogen and oxygen atoms in total. The van der Waals surface area contributed by atoms with E-state index in [0.717, 1.165) is 18.2 Å². The van der Waals surface area contributed by atoms with Crippen LogP contribution >= 0.6 is 0 Å². The van der Waals surface area contributed by atoms with Crippen LogP contribution in [0.2, 0.25) is 0 Å². The number of aryl methyl sites for hydroxylation is 1. The topological polar surface area (TPSA) is 49.8 Å². The summed E-state index contributed by atoms with van der Waals surface area (Å²) >= 11 is 0. The second kappa shape index (κ2) is 7.18. The highest BCUT2D eigenvalue weighted by Gasteiger charge is 2.33. The van der Waals surface area contributed by atoms with E-state index >= 15 is 0 Å². The van der Waals surface area contributed by atoms with Gasteiger partial charge in [-0.2, -0.15) is 18.2 Å². The Balaban J connectivity index is 1.93. The summed E-state index contributed by atoms with van der Waals surface area (Å²) in [5.74, 6) is -1.78. The minimum absolute atomic E-state index is 0.0264. The van der Waals surface area contributed by atoms with Crippen molar-refractivity contribution in [2.75, 3.05) is 10.6 Å². The molecule has 0 saturated heterocycles. The maximum atomic E-state index is 13.8. The Hall–Kier alpha value is -3.23. The number of hydrogen-bond donors (Lipinski definition) is 2. The minimum atomic E-state index is -4.56. The molecule has 0 aliphatic rings. The molecule has 140 valence electrons. The summed E-state index contributed by atoms with van der Waals surface area (Å²) in [4.78, 5) is 8.02. The van der Waals surface area contributed by atoms with Crippen LogP contribution in [0.5, 0.6) is 0 Å². The number of para-hydroxylation sites is 2. The number of rotatable bonds is 4. The van der Waals surface area contributed by atoms with Crippen LogP contribution in [0, 0.1) is 18.6 Å². The fourth-order valence-electron chi connectivity index (χ4n) is 2.39. The van der Waals surface area contributed by atoms with Crippen LogP contribution in [0.4, 0.5) is 45.1 Å². The molecule has 3 rings (SSSR count). The number of alkyl halides is 3. The number of hydrogen-bond acceptors (Lipinski definition) is 4. The van der Waals surface area contributed by atoms with Crippen LogP contribution in [-0.4, -0.2) is 9.97 Å². The lowest BCUT2D eigenvalue weighted by atomic mass is 10.1. The average molecular weight is 380 g/mol. The van der Waals surface area contributed by atoms with Crippen LogP contribution in [0.3, 0.4) is 0 Å². The molecular weight excluding hydrogens is 367 g/mol. The Morgan fingerprint density at radius 2 is 1.52 bits per heavy atom. The number of anilines is 4. The molecule has 1 aromatic heterocycles. The van der Waals surface area contributed by atoms with Crippen LogP contribution in [0.1, 0.15) is 11.3 Å². The monoisotopic (exact) mass is 380 g/mol. The van der Waals surface area contributed by atoms with Crippen LogP contribution < -0.4 is 10.6 Å². The van der Waals surface area contributed by atoms with Crippen molar-refractivity contribution in [2.24, 2.45) is 0 Å². The number of benzene rings is 2. The first-order valence-electron chi connectivity index (χ1n) is 7.74. The minimum Gasteiger partial charge on any atom is -0.335 e. The van der Waals surface area contributed by atoms with Gasteiger partial charge in [0.1, 0.15) is 23.1 Å². The van der Waals surface area contributed by atoms with Crippen molar-refractivity contribution in [2.45, 2.75) is 13.1 Å². The zero-order valence-electron chi connectivity index (χ0n) is 13.9. The first-order valence-corrected chi connectivity index (χ1v) is 7.74. The summed E-state index contributed by atoms with van der Waals surface area (Å²) in [5, 5.41) is 4.99. The standard InChI is InChI=1S/C18H13F5N4/c1-10-9-15(26-16-12(19)6-4-7-13(16)20)27-17(24-10)25-14-8-3-2-5-11(14)18(21,22)23/h2-9H,1H3,(H2,24,25,26,27). The zero-order chi connectivity index (χ0) is 19.6. The van der Waals surface area contributed by atoms with E-state index < -0.39 is 29.1 Å². The molecule has 0 spiro atoms. The number of halogens is 5. The van der Waals surface area contributed by atoms with Gasteiger partial charge in [-0.05, 0) is 31.2 Å². The van der Waals surface area contributed by atoms with Gasteiger partial charge in [0.05, 0.1) is 11.3 Å². The van der Waals surface area contributed by atoms with Crippen molar-refractivity contribution < 1.29 is 22.0 Å². The van der Waals surface area contributed by atoms with E-state index in [1.165, 1.54) is 30.3 Å². The van der Waals surface area contributed by atoms with E-state index in [1.807, 2.05) is 0 Å². The maximum Gasteiger partial charge on any atom is 0.418 e. The van der Waals surface area contributed by atoms with E-state index in [-0.39, 0.29) is 17.5 Å². The molecule has 0 unspecified atom stereocenters. The average Bonchev–Trinajstić information content (AvgIpc) is 2.57. The highest BCUT2D eigenvalue weighted by atomic mass is 19.4.